The van der Waals surface area contributed by atoms with Crippen molar-refractivity contribution in [2.75, 3.05) is 25.0 Å². The number of nitrogens with one attached hydrogen (secondary N) is 2. The van der Waals surface area contributed by atoms with Gasteiger partial charge in [0.2, 0.25) is 5.91 Å². The quantitative estimate of drug-likeness (QED) is 0.843. The minimum absolute atomic E-state index is 0.0569. The van der Waals surface area contributed by atoms with Crippen LogP contribution in [-0.4, -0.2) is 42.4 Å². The van der Waals surface area contributed by atoms with E-state index in [9.17, 15) is 9.59 Å². The zero-order chi connectivity index (χ0) is 17.1. The predicted octanol–water partition coefficient (Wildman–Crippen LogP) is 2.50. The maximum Gasteiger partial charge on any atom is 0.254 e. The van der Waals surface area contributed by atoms with Crippen molar-refractivity contribution < 1.29 is 9.59 Å². The Balaban J connectivity index is 1.71. The number of amides is 2. The molecule has 3 rings (SSSR count). The Bertz CT molecular complexity index is 610. The standard InChI is InChI=1S/C19H27N3O2/c1-3-9-22(16-7-8-20-12-16)19(24)14-5-4-6-15(11-14)21-18(23)17-10-13(17)2/h4-6,11,13,16-17,20H,3,7-10,12H2,1-2H3,(H,21,23). The molecule has 24 heavy (non-hydrogen) atoms. The first kappa shape index (κ1) is 17.0. The maximum atomic E-state index is 12.9. The Morgan fingerprint density at radius 2 is 2.17 bits per heavy atom. The molecule has 2 N–H and O–H groups in total. The van der Waals surface area contributed by atoms with Gasteiger partial charge in [0, 0.05) is 36.3 Å². The van der Waals surface area contributed by atoms with Crippen molar-refractivity contribution in [1.29, 1.82) is 0 Å². The molecule has 0 radical (unpaired) electrons. The van der Waals surface area contributed by atoms with Crippen LogP contribution in [0, 0.1) is 11.8 Å². The van der Waals surface area contributed by atoms with Crippen LogP contribution in [0.5, 0.6) is 0 Å². The highest BCUT2D eigenvalue weighted by Gasteiger charge is 2.39. The van der Waals surface area contributed by atoms with E-state index in [1.165, 1.54) is 0 Å². The van der Waals surface area contributed by atoms with Crippen LogP contribution in [-0.2, 0) is 4.79 Å². The van der Waals surface area contributed by atoms with Crippen LogP contribution in [0.25, 0.3) is 0 Å². The van der Waals surface area contributed by atoms with Crippen LogP contribution in [0.4, 0.5) is 5.69 Å². The minimum atomic E-state index is 0.0569. The zero-order valence-electron chi connectivity index (χ0n) is 14.5. The van der Waals surface area contributed by atoms with E-state index in [4.69, 9.17) is 0 Å². The first-order valence-electron chi connectivity index (χ1n) is 9.02. The molecular formula is C19H27N3O2. The van der Waals surface area contributed by atoms with E-state index in [0.717, 1.165) is 38.9 Å². The Morgan fingerprint density at radius 1 is 1.38 bits per heavy atom. The maximum absolute atomic E-state index is 12.9. The normalized spacial score (nSPS) is 25.3. The second kappa shape index (κ2) is 7.34. The molecule has 2 amide bonds. The summed E-state index contributed by atoms with van der Waals surface area (Å²) in [6.45, 7) is 6.77. The number of rotatable bonds is 6. The number of hydrogen-bond acceptors (Lipinski definition) is 3. The lowest BCUT2D eigenvalue weighted by molar-refractivity contribution is -0.117. The van der Waals surface area contributed by atoms with Crippen LogP contribution in [0.15, 0.2) is 24.3 Å². The van der Waals surface area contributed by atoms with E-state index in [0.29, 0.717) is 17.2 Å². The van der Waals surface area contributed by atoms with E-state index < -0.39 is 0 Å². The molecule has 1 aliphatic heterocycles. The molecule has 1 saturated carbocycles. The Hall–Kier alpha value is -1.88. The van der Waals surface area contributed by atoms with E-state index in [2.05, 4.69) is 24.5 Å². The Morgan fingerprint density at radius 3 is 2.79 bits per heavy atom. The fraction of sp³-hybridized carbons (Fsp3) is 0.579. The van der Waals surface area contributed by atoms with Crippen molar-refractivity contribution in [3.8, 4) is 0 Å². The van der Waals surface area contributed by atoms with Gasteiger partial charge in [-0.2, -0.15) is 0 Å². The minimum Gasteiger partial charge on any atom is -0.334 e. The van der Waals surface area contributed by atoms with Gasteiger partial charge in [0.05, 0.1) is 0 Å². The third-order valence-corrected chi connectivity index (χ3v) is 5.02. The number of benzene rings is 1. The van der Waals surface area contributed by atoms with E-state index in [1.54, 1.807) is 6.07 Å². The molecule has 0 spiro atoms. The van der Waals surface area contributed by atoms with Gasteiger partial charge in [0.1, 0.15) is 0 Å². The van der Waals surface area contributed by atoms with Gasteiger partial charge in [-0.1, -0.05) is 19.9 Å². The molecule has 3 unspecified atom stereocenters. The van der Waals surface area contributed by atoms with Crippen molar-refractivity contribution in [2.45, 2.75) is 39.2 Å². The van der Waals surface area contributed by atoms with Crippen LogP contribution in [0.2, 0.25) is 0 Å². The highest BCUT2D eigenvalue weighted by Crippen LogP contribution is 2.38. The third-order valence-electron chi connectivity index (χ3n) is 5.02. The first-order valence-corrected chi connectivity index (χ1v) is 9.02. The Kier molecular flexibility index (Phi) is 5.19. The fourth-order valence-corrected chi connectivity index (χ4v) is 3.41. The van der Waals surface area contributed by atoms with Crippen molar-refractivity contribution in [3.63, 3.8) is 0 Å². The molecule has 1 heterocycles. The Labute approximate surface area is 143 Å². The molecule has 5 nitrogen and oxygen atoms in total. The smallest absolute Gasteiger partial charge is 0.254 e. The summed E-state index contributed by atoms with van der Waals surface area (Å²) in [5.41, 5.74) is 1.36. The molecule has 5 heteroatoms. The van der Waals surface area contributed by atoms with Crippen LogP contribution < -0.4 is 10.6 Å². The number of carbonyl (C=O) groups is 2. The van der Waals surface area contributed by atoms with Gasteiger partial charge in [0.25, 0.3) is 5.91 Å². The van der Waals surface area contributed by atoms with E-state index >= 15 is 0 Å². The number of nitrogens with zero attached hydrogens (tertiary/aromatic N) is 1. The van der Waals surface area contributed by atoms with Crippen LogP contribution >= 0.6 is 0 Å². The SMILES string of the molecule is CCCN(C(=O)c1cccc(NC(=O)C2CC2C)c1)C1CCNC1. The van der Waals surface area contributed by atoms with Gasteiger partial charge in [-0.15, -0.1) is 0 Å². The van der Waals surface area contributed by atoms with E-state index in [-0.39, 0.29) is 23.8 Å². The highest BCUT2D eigenvalue weighted by atomic mass is 16.2. The van der Waals surface area contributed by atoms with Gasteiger partial charge in [-0.3, -0.25) is 9.59 Å². The molecular weight excluding hydrogens is 302 g/mol. The summed E-state index contributed by atoms with van der Waals surface area (Å²) in [4.78, 5) is 27.0. The molecule has 1 aromatic carbocycles. The molecule has 1 aliphatic carbocycles. The van der Waals surface area contributed by atoms with Crippen molar-refractivity contribution in [1.82, 2.24) is 10.2 Å². The second-order valence-corrected chi connectivity index (χ2v) is 7.03. The molecule has 0 bridgehead atoms. The van der Waals surface area contributed by atoms with Crippen molar-refractivity contribution in [2.24, 2.45) is 11.8 Å². The number of anilines is 1. The molecule has 1 aromatic rings. The zero-order valence-corrected chi connectivity index (χ0v) is 14.5. The van der Waals surface area contributed by atoms with Crippen LogP contribution in [0.3, 0.4) is 0 Å². The van der Waals surface area contributed by atoms with Gasteiger partial charge in [0.15, 0.2) is 0 Å². The van der Waals surface area contributed by atoms with Gasteiger partial charge in [-0.25, -0.2) is 0 Å². The summed E-state index contributed by atoms with van der Waals surface area (Å²) in [5, 5.41) is 6.28. The average Bonchev–Trinajstić information content (AvgIpc) is 3.09. The van der Waals surface area contributed by atoms with Gasteiger partial charge >= 0.3 is 0 Å². The lowest BCUT2D eigenvalue weighted by atomic mass is 10.1. The lowest BCUT2D eigenvalue weighted by Gasteiger charge is -2.28. The third kappa shape index (κ3) is 3.78. The monoisotopic (exact) mass is 329 g/mol. The summed E-state index contributed by atoms with van der Waals surface area (Å²) >= 11 is 0. The molecule has 2 aliphatic rings. The summed E-state index contributed by atoms with van der Waals surface area (Å²) in [6.07, 6.45) is 2.91. The predicted molar refractivity (Wildman–Crippen MR) is 94.9 cm³/mol. The second-order valence-electron chi connectivity index (χ2n) is 7.03. The lowest BCUT2D eigenvalue weighted by Crippen LogP contribution is -2.42. The summed E-state index contributed by atoms with van der Waals surface area (Å²) in [5.74, 6) is 0.731. The van der Waals surface area contributed by atoms with Crippen molar-refractivity contribution >= 4 is 17.5 Å². The van der Waals surface area contributed by atoms with Crippen LogP contribution in [0.1, 0.15) is 43.5 Å². The molecule has 130 valence electrons. The summed E-state index contributed by atoms with van der Waals surface area (Å²) in [7, 11) is 0. The summed E-state index contributed by atoms with van der Waals surface area (Å²) in [6, 6.07) is 7.60. The topological polar surface area (TPSA) is 61.4 Å². The number of carbonyl (C=O) groups excluding carboxylic acids is 2. The average molecular weight is 329 g/mol. The van der Waals surface area contributed by atoms with Gasteiger partial charge < -0.3 is 15.5 Å². The molecule has 2 fully saturated rings. The largest absolute Gasteiger partial charge is 0.334 e. The first-order chi connectivity index (χ1) is 11.6. The molecule has 3 atom stereocenters. The summed E-state index contributed by atoms with van der Waals surface area (Å²) < 4.78 is 0. The molecule has 1 saturated heterocycles. The highest BCUT2D eigenvalue weighted by molar-refractivity contribution is 5.98. The molecule has 0 aromatic heterocycles. The number of hydrogen-bond donors (Lipinski definition) is 2. The fourth-order valence-electron chi connectivity index (χ4n) is 3.41. The van der Waals surface area contributed by atoms with Gasteiger partial charge in [-0.05, 0) is 49.9 Å². The van der Waals surface area contributed by atoms with E-state index in [1.807, 2.05) is 23.1 Å². The van der Waals surface area contributed by atoms with Crippen molar-refractivity contribution in [3.05, 3.63) is 29.8 Å².